The number of hydrogen-bond donors (Lipinski definition) is 2. The number of guanidine groups is 1. The first kappa shape index (κ1) is 9.29. The van der Waals surface area contributed by atoms with Crippen LogP contribution in [0.15, 0.2) is 9.98 Å². The molecule has 0 aliphatic carbocycles. The van der Waals surface area contributed by atoms with Crippen LogP contribution in [0.4, 0.5) is 0 Å². The van der Waals surface area contributed by atoms with E-state index in [2.05, 4.69) is 9.98 Å². The summed E-state index contributed by atoms with van der Waals surface area (Å²) in [5.41, 5.74) is 10.3. The van der Waals surface area contributed by atoms with Crippen molar-refractivity contribution in [3.8, 4) is 0 Å². The first-order valence-electron chi connectivity index (χ1n) is 2.88. The molecule has 4 nitrogen and oxygen atoms in total. The van der Waals surface area contributed by atoms with Crippen LogP contribution in [0.2, 0.25) is 0 Å². The predicted molar refractivity (Wildman–Crippen MR) is 47.3 cm³/mol. The van der Waals surface area contributed by atoms with E-state index in [1.807, 2.05) is 13.2 Å². The Bertz CT molecular complexity index is 148. The number of rotatable bonds is 1. The Morgan fingerprint density at radius 2 is 2.10 bits per heavy atom. The van der Waals surface area contributed by atoms with Gasteiger partial charge in [-0.3, -0.25) is 4.99 Å². The number of nitrogens with zero attached hydrogens (tertiary/aromatic N) is 2. The van der Waals surface area contributed by atoms with Crippen LogP contribution in [0.1, 0.15) is 6.92 Å². The minimum atomic E-state index is 0.0570. The van der Waals surface area contributed by atoms with E-state index in [1.165, 1.54) is 11.8 Å². The Labute approximate surface area is 64.8 Å². The van der Waals surface area contributed by atoms with E-state index in [0.717, 1.165) is 0 Å². The van der Waals surface area contributed by atoms with Crippen LogP contribution in [0.25, 0.3) is 0 Å². The number of hydrogen-bond acceptors (Lipinski definition) is 2. The van der Waals surface area contributed by atoms with Crippen LogP contribution in [0, 0.1) is 0 Å². The highest BCUT2D eigenvalue weighted by Crippen LogP contribution is 1.98. The zero-order valence-corrected chi connectivity index (χ0v) is 6.98. The van der Waals surface area contributed by atoms with Crippen molar-refractivity contribution in [3.05, 3.63) is 0 Å². The maximum absolute atomic E-state index is 5.13. The molecule has 4 N–H and O–H groups in total. The average Bonchev–Trinajstić information content (AvgIpc) is 1.86. The van der Waals surface area contributed by atoms with Gasteiger partial charge >= 0.3 is 0 Å². The SMILES string of the molecule is CCN=C(N=C(N)N)SC. The Morgan fingerprint density at radius 1 is 1.50 bits per heavy atom. The largest absolute Gasteiger partial charge is 0.370 e. The Balaban J connectivity index is 4.09. The van der Waals surface area contributed by atoms with E-state index < -0.39 is 0 Å². The van der Waals surface area contributed by atoms with Crippen LogP contribution in [-0.4, -0.2) is 23.9 Å². The van der Waals surface area contributed by atoms with Gasteiger partial charge in [-0.15, -0.1) is 0 Å². The molecular formula is C5H12N4S. The van der Waals surface area contributed by atoms with Gasteiger partial charge in [-0.05, 0) is 13.2 Å². The Kier molecular flexibility index (Phi) is 4.74. The summed E-state index contributed by atoms with van der Waals surface area (Å²) in [7, 11) is 0. The smallest absolute Gasteiger partial charge is 0.193 e. The molecule has 0 saturated heterocycles. The van der Waals surface area contributed by atoms with Gasteiger partial charge in [0.05, 0.1) is 0 Å². The average molecular weight is 160 g/mol. The van der Waals surface area contributed by atoms with Crippen molar-refractivity contribution in [3.63, 3.8) is 0 Å². The summed E-state index contributed by atoms with van der Waals surface area (Å²) in [6.07, 6.45) is 1.88. The molecule has 0 aliphatic heterocycles. The molecule has 0 aromatic heterocycles. The summed E-state index contributed by atoms with van der Waals surface area (Å²) < 4.78 is 0. The second-order valence-corrected chi connectivity index (χ2v) is 2.27. The Morgan fingerprint density at radius 3 is 2.40 bits per heavy atom. The molecule has 0 heterocycles. The van der Waals surface area contributed by atoms with Gasteiger partial charge in [-0.2, -0.15) is 4.99 Å². The van der Waals surface area contributed by atoms with Gasteiger partial charge < -0.3 is 11.5 Å². The fourth-order valence-electron chi connectivity index (χ4n) is 0.391. The molecule has 0 bridgehead atoms. The highest BCUT2D eigenvalue weighted by molar-refractivity contribution is 8.13. The molecule has 0 spiro atoms. The fraction of sp³-hybridized carbons (Fsp3) is 0.600. The topological polar surface area (TPSA) is 76.8 Å². The monoisotopic (exact) mass is 160 g/mol. The first-order valence-corrected chi connectivity index (χ1v) is 4.11. The third-order valence-electron chi connectivity index (χ3n) is 0.701. The van der Waals surface area contributed by atoms with Crippen LogP contribution >= 0.6 is 11.8 Å². The summed E-state index contributed by atoms with van der Waals surface area (Å²) in [4.78, 5) is 7.79. The van der Waals surface area contributed by atoms with Gasteiger partial charge in [0.2, 0.25) is 0 Å². The van der Waals surface area contributed by atoms with Gasteiger partial charge in [-0.1, -0.05) is 11.8 Å². The third kappa shape index (κ3) is 4.20. The van der Waals surface area contributed by atoms with Crippen LogP contribution in [-0.2, 0) is 0 Å². The molecule has 0 aliphatic rings. The van der Waals surface area contributed by atoms with E-state index in [-0.39, 0.29) is 5.96 Å². The lowest BCUT2D eigenvalue weighted by atomic mass is 10.8. The highest BCUT2D eigenvalue weighted by atomic mass is 32.2. The van der Waals surface area contributed by atoms with E-state index in [1.54, 1.807) is 0 Å². The van der Waals surface area contributed by atoms with E-state index in [9.17, 15) is 0 Å². The lowest BCUT2D eigenvalue weighted by Crippen LogP contribution is -2.23. The molecule has 0 saturated carbocycles. The molecular weight excluding hydrogens is 148 g/mol. The van der Waals surface area contributed by atoms with Crippen molar-refractivity contribution >= 4 is 22.9 Å². The van der Waals surface area contributed by atoms with Gasteiger partial charge in [0.25, 0.3) is 0 Å². The van der Waals surface area contributed by atoms with E-state index in [4.69, 9.17) is 11.5 Å². The molecule has 0 fully saturated rings. The van der Waals surface area contributed by atoms with Crippen molar-refractivity contribution in [1.82, 2.24) is 0 Å². The summed E-state index contributed by atoms with van der Waals surface area (Å²) in [6.45, 7) is 2.63. The molecule has 0 amide bonds. The summed E-state index contributed by atoms with van der Waals surface area (Å²) in [5.74, 6) is 0.0570. The van der Waals surface area contributed by atoms with Crippen molar-refractivity contribution in [1.29, 1.82) is 0 Å². The van der Waals surface area contributed by atoms with Gasteiger partial charge in [0, 0.05) is 6.54 Å². The van der Waals surface area contributed by atoms with Gasteiger partial charge in [0.1, 0.15) is 0 Å². The molecule has 0 aromatic rings. The standard InChI is InChI=1S/C5H12N4S/c1-3-8-5(10-2)9-4(6)7/h3H2,1-2H3,(H4,6,7,8,9). The van der Waals surface area contributed by atoms with E-state index >= 15 is 0 Å². The van der Waals surface area contributed by atoms with Crippen LogP contribution in [0.3, 0.4) is 0 Å². The van der Waals surface area contributed by atoms with E-state index in [0.29, 0.717) is 11.7 Å². The molecule has 0 unspecified atom stereocenters. The summed E-state index contributed by atoms with van der Waals surface area (Å²) in [5, 5.41) is 0.627. The molecule has 0 aromatic carbocycles. The number of thioether (sulfide) groups is 1. The lowest BCUT2D eigenvalue weighted by molar-refractivity contribution is 1.13. The summed E-state index contributed by atoms with van der Waals surface area (Å²) in [6, 6.07) is 0. The first-order chi connectivity index (χ1) is 4.70. The zero-order valence-electron chi connectivity index (χ0n) is 6.16. The number of nitrogens with two attached hydrogens (primary N) is 2. The second kappa shape index (κ2) is 5.10. The normalized spacial score (nSPS) is 11.2. The maximum Gasteiger partial charge on any atom is 0.193 e. The third-order valence-corrected chi connectivity index (χ3v) is 1.29. The highest BCUT2D eigenvalue weighted by Gasteiger charge is 1.90. The van der Waals surface area contributed by atoms with Crippen LogP contribution < -0.4 is 11.5 Å². The molecule has 0 radical (unpaired) electrons. The van der Waals surface area contributed by atoms with Crippen molar-refractivity contribution in [2.24, 2.45) is 21.5 Å². The van der Waals surface area contributed by atoms with Crippen molar-refractivity contribution < 1.29 is 0 Å². The fourth-order valence-corrected chi connectivity index (χ4v) is 0.846. The quantitative estimate of drug-likeness (QED) is 0.418. The summed E-state index contributed by atoms with van der Waals surface area (Å²) >= 11 is 1.43. The van der Waals surface area contributed by atoms with Crippen molar-refractivity contribution in [2.75, 3.05) is 12.8 Å². The number of amidine groups is 1. The maximum atomic E-state index is 5.13. The minimum absolute atomic E-state index is 0.0570. The zero-order chi connectivity index (χ0) is 7.98. The van der Waals surface area contributed by atoms with Crippen molar-refractivity contribution in [2.45, 2.75) is 6.92 Å². The lowest BCUT2D eigenvalue weighted by Gasteiger charge is -1.94. The minimum Gasteiger partial charge on any atom is -0.370 e. The van der Waals surface area contributed by atoms with Crippen LogP contribution in [0.5, 0.6) is 0 Å². The molecule has 10 heavy (non-hydrogen) atoms. The number of aliphatic imine (C=N–C) groups is 2. The van der Waals surface area contributed by atoms with Gasteiger partial charge in [-0.25, -0.2) is 0 Å². The molecule has 0 rings (SSSR count). The molecule has 58 valence electrons. The Hall–Kier alpha value is -0.710. The van der Waals surface area contributed by atoms with Gasteiger partial charge in [0.15, 0.2) is 11.1 Å². The predicted octanol–water partition coefficient (Wildman–Crippen LogP) is -0.00130. The second-order valence-electron chi connectivity index (χ2n) is 1.50. The molecule has 0 atom stereocenters. The molecule has 5 heteroatoms.